The van der Waals surface area contributed by atoms with Gasteiger partial charge in [0.1, 0.15) is 6.10 Å². The molecular weight excluding hydrogens is 266 g/mol. The quantitative estimate of drug-likeness (QED) is 0.394. The van der Waals surface area contributed by atoms with Gasteiger partial charge >= 0.3 is 6.16 Å². The summed E-state index contributed by atoms with van der Waals surface area (Å²) in [5.41, 5.74) is 0. The van der Waals surface area contributed by atoms with Crippen LogP contribution >= 0.6 is 0 Å². The lowest BCUT2D eigenvalue weighted by Crippen LogP contribution is -2.26. The highest BCUT2D eigenvalue weighted by Crippen LogP contribution is 2.13. The lowest BCUT2D eigenvalue weighted by atomic mass is 10.1. The van der Waals surface area contributed by atoms with Gasteiger partial charge in [0.05, 0.1) is 0 Å². The van der Waals surface area contributed by atoms with E-state index in [1.165, 1.54) is 44.9 Å². The number of hydrogen-bond donors (Lipinski definition) is 0. The van der Waals surface area contributed by atoms with Crippen LogP contribution in [0.2, 0.25) is 0 Å². The molecule has 1 unspecified atom stereocenters. The zero-order valence-corrected chi connectivity index (χ0v) is 13.9. The summed E-state index contributed by atoms with van der Waals surface area (Å²) in [4.78, 5) is 16.7. The Kier molecular flexibility index (Phi) is 10.3. The van der Waals surface area contributed by atoms with E-state index in [4.69, 9.17) is 9.57 Å². The molecule has 1 aliphatic heterocycles. The number of ether oxygens (including phenoxy) is 1. The monoisotopic (exact) mass is 299 g/mol. The summed E-state index contributed by atoms with van der Waals surface area (Å²) in [6.45, 7) is 5.87. The molecule has 0 aromatic carbocycles. The number of rotatable bonds is 11. The van der Waals surface area contributed by atoms with E-state index in [0.29, 0.717) is 0 Å². The van der Waals surface area contributed by atoms with Gasteiger partial charge in [0.15, 0.2) is 0 Å². The number of carbonyl (C=O) groups excluding carboxylic acids is 1. The van der Waals surface area contributed by atoms with Gasteiger partial charge in [-0.15, -0.1) is 5.06 Å². The van der Waals surface area contributed by atoms with Crippen molar-refractivity contribution in [2.24, 2.45) is 0 Å². The van der Waals surface area contributed by atoms with E-state index in [0.717, 1.165) is 38.8 Å². The zero-order valence-electron chi connectivity index (χ0n) is 13.9. The Morgan fingerprint density at radius 2 is 1.57 bits per heavy atom. The summed E-state index contributed by atoms with van der Waals surface area (Å²) in [6.07, 6.45) is 13.0. The topological polar surface area (TPSA) is 38.8 Å². The normalized spacial score (nSPS) is 16.9. The molecule has 0 spiro atoms. The Balaban J connectivity index is 1.90. The van der Waals surface area contributed by atoms with Crippen LogP contribution in [0.3, 0.4) is 0 Å². The third-order valence-corrected chi connectivity index (χ3v) is 4.03. The van der Waals surface area contributed by atoms with Crippen LogP contribution in [-0.2, 0) is 9.57 Å². The van der Waals surface area contributed by atoms with Gasteiger partial charge in [0.25, 0.3) is 0 Å². The van der Waals surface area contributed by atoms with Crippen molar-refractivity contribution in [3.8, 4) is 0 Å². The smallest absolute Gasteiger partial charge is 0.430 e. The van der Waals surface area contributed by atoms with Gasteiger partial charge in [0, 0.05) is 13.1 Å². The lowest BCUT2D eigenvalue weighted by Gasteiger charge is -2.17. The van der Waals surface area contributed by atoms with Crippen molar-refractivity contribution in [1.29, 1.82) is 0 Å². The molecule has 1 saturated heterocycles. The second kappa shape index (κ2) is 11.8. The van der Waals surface area contributed by atoms with Crippen molar-refractivity contribution >= 4 is 6.16 Å². The van der Waals surface area contributed by atoms with Crippen molar-refractivity contribution in [3.63, 3.8) is 0 Å². The van der Waals surface area contributed by atoms with E-state index in [9.17, 15) is 4.79 Å². The third-order valence-electron chi connectivity index (χ3n) is 4.03. The van der Waals surface area contributed by atoms with Crippen LogP contribution in [0, 0.1) is 0 Å². The first-order valence-electron chi connectivity index (χ1n) is 8.86. The van der Waals surface area contributed by atoms with E-state index in [1.807, 2.05) is 6.92 Å². The van der Waals surface area contributed by atoms with Gasteiger partial charge in [-0.25, -0.2) is 4.79 Å². The maximum absolute atomic E-state index is 11.6. The maximum Gasteiger partial charge on any atom is 0.528 e. The fourth-order valence-corrected chi connectivity index (χ4v) is 2.70. The molecule has 0 saturated carbocycles. The Bertz CT molecular complexity index is 265. The summed E-state index contributed by atoms with van der Waals surface area (Å²) in [6, 6.07) is 0. The average molecular weight is 299 g/mol. The molecule has 0 radical (unpaired) electrons. The van der Waals surface area contributed by atoms with Gasteiger partial charge in [0.2, 0.25) is 0 Å². The molecule has 0 aliphatic carbocycles. The van der Waals surface area contributed by atoms with Gasteiger partial charge in [-0.3, -0.25) is 0 Å². The SMILES string of the molecule is CCCCCCCCCCC(C)OC(=O)ON1CCCC1. The highest BCUT2D eigenvalue weighted by Gasteiger charge is 2.18. The highest BCUT2D eigenvalue weighted by atomic mass is 16.8. The van der Waals surface area contributed by atoms with Crippen molar-refractivity contribution in [1.82, 2.24) is 5.06 Å². The van der Waals surface area contributed by atoms with Gasteiger partial charge < -0.3 is 9.57 Å². The zero-order chi connectivity index (χ0) is 15.3. The molecule has 0 amide bonds. The molecule has 1 aliphatic rings. The molecule has 0 aromatic rings. The molecule has 1 fully saturated rings. The molecular formula is C17H33NO3. The van der Waals surface area contributed by atoms with E-state index >= 15 is 0 Å². The van der Waals surface area contributed by atoms with Gasteiger partial charge in [-0.05, 0) is 32.6 Å². The summed E-state index contributed by atoms with van der Waals surface area (Å²) in [5.74, 6) is 0. The Morgan fingerprint density at radius 3 is 2.19 bits per heavy atom. The predicted molar refractivity (Wildman–Crippen MR) is 85.1 cm³/mol. The predicted octanol–water partition coefficient (Wildman–Crippen LogP) is 5.07. The van der Waals surface area contributed by atoms with Crippen molar-refractivity contribution < 1.29 is 14.4 Å². The number of nitrogens with zero attached hydrogens (tertiary/aromatic N) is 1. The van der Waals surface area contributed by atoms with E-state index in [1.54, 1.807) is 5.06 Å². The molecule has 4 nitrogen and oxygen atoms in total. The minimum absolute atomic E-state index is 0.0415. The molecule has 1 heterocycles. The molecule has 21 heavy (non-hydrogen) atoms. The van der Waals surface area contributed by atoms with E-state index < -0.39 is 6.16 Å². The summed E-state index contributed by atoms with van der Waals surface area (Å²) in [7, 11) is 0. The van der Waals surface area contributed by atoms with Crippen molar-refractivity contribution in [2.75, 3.05) is 13.1 Å². The first-order valence-corrected chi connectivity index (χ1v) is 8.86. The summed E-state index contributed by atoms with van der Waals surface area (Å²) < 4.78 is 5.27. The van der Waals surface area contributed by atoms with Crippen molar-refractivity contribution in [3.05, 3.63) is 0 Å². The van der Waals surface area contributed by atoms with E-state index in [-0.39, 0.29) is 6.10 Å². The van der Waals surface area contributed by atoms with Gasteiger partial charge in [-0.2, -0.15) is 0 Å². The van der Waals surface area contributed by atoms with Crippen LogP contribution in [0.25, 0.3) is 0 Å². The minimum Gasteiger partial charge on any atom is -0.430 e. The van der Waals surface area contributed by atoms with Crippen LogP contribution < -0.4 is 0 Å². The number of hydrogen-bond acceptors (Lipinski definition) is 4. The lowest BCUT2D eigenvalue weighted by molar-refractivity contribution is -0.120. The van der Waals surface area contributed by atoms with Crippen molar-refractivity contribution in [2.45, 2.75) is 90.6 Å². The van der Waals surface area contributed by atoms with Crippen LogP contribution in [0.5, 0.6) is 0 Å². The second-order valence-corrected chi connectivity index (χ2v) is 6.17. The first-order chi connectivity index (χ1) is 10.2. The second-order valence-electron chi connectivity index (χ2n) is 6.17. The summed E-state index contributed by atoms with van der Waals surface area (Å²) >= 11 is 0. The van der Waals surface area contributed by atoms with Crippen LogP contribution in [0.4, 0.5) is 4.79 Å². The van der Waals surface area contributed by atoms with Crippen LogP contribution in [0.15, 0.2) is 0 Å². The maximum atomic E-state index is 11.6. The fourth-order valence-electron chi connectivity index (χ4n) is 2.70. The Morgan fingerprint density at radius 1 is 1.00 bits per heavy atom. The summed E-state index contributed by atoms with van der Waals surface area (Å²) in [5, 5.41) is 1.70. The molecule has 1 atom stereocenters. The largest absolute Gasteiger partial charge is 0.528 e. The number of hydroxylamine groups is 2. The molecule has 0 N–H and O–H groups in total. The highest BCUT2D eigenvalue weighted by molar-refractivity contribution is 5.59. The van der Waals surface area contributed by atoms with Crippen LogP contribution in [0.1, 0.15) is 84.5 Å². The van der Waals surface area contributed by atoms with Crippen LogP contribution in [-0.4, -0.2) is 30.4 Å². The number of carbonyl (C=O) groups is 1. The van der Waals surface area contributed by atoms with Gasteiger partial charge in [-0.1, -0.05) is 51.9 Å². The molecule has 0 bridgehead atoms. The molecule has 1 rings (SSSR count). The third kappa shape index (κ3) is 9.72. The molecule has 124 valence electrons. The first kappa shape index (κ1) is 18.3. The number of unbranched alkanes of at least 4 members (excludes halogenated alkanes) is 7. The Labute approximate surface area is 130 Å². The fraction of sp³-hybridized carbons (Fsp3) is 0.941. The average Bonchev–Trinajstić information content (AvgIpc) is 2.94. The Hall–Kier alpha value is -0.770. The molecule has 0 aromatic heterocycles. The standard InChI is InChI=1S/C17H33NO3/c1-3-4-5-6-7-8-9-10-13-16(2)20-17(19)21-18-14-11-12-15-18/h16H,3-15H2,1-2H3. The minimum atomic E-state index is -0.538. The van der Waals surface area contributed by atoms with E-state index in [2.05, 4.69) is 6.92 Å². The molecule has 4 heteroatoms.